The lowest BCUT2D eigenvalue weighted by Gasteiger charge is -2.29. The van der Waals surface area contributed by atoms with Gasteiger partial charge in [-0.15, -0.1) is 0 Å². The fourth-order valence-electron chi connectivity index (χ4n) is 4.69. The summed E-state index contributed by atoms with van der Waals surface area (Å²) in [5, 5.41) is 5.54. The van der Waals surface area contributed by atoms with Crippen molar-refractivity contribution >= 4 is 29.8 Å². The molecule has 4 rings (SSSR count). The van der Waals surface area contributed by atoms with E-state index in [1.807, 2.05) is 0 Å². The van der Waals surface area contributed by atoms with Crippen molar-refractivity contribution in [2.45, 2.75) is 51.5 Å². The van der Waals surface area contributed by atoms with E-state index in [-0.39, 0.29) is 47.6 Å². The fraction of sp³-hybridized carbons (Fsp3) is 0.393. The minimum absolute atomic E-state index is 0.0699. The molecule has 0 aromatic heterocycles. The number of nitrogens with one attached hydrogen (secondary N) is 2. The molecular formula is C28H31N3O7. The van der Waals surface area contributed by atoms with Crippen LogP contribution in [0, 0.1) is 0 Å². The summed E-state index contributed by atoms with van der Waals surface area (Å²) in [4.78, 5) is 63.4. The van der Waals surface area contributed by atoms with Gasteiger partial charge in [0.1, 0.15) is 5.75 Å². The molecule has 0 spiro atoms. The van der Waals surface area contributed by atoms with Gasteiger partial charge in [0.25, 0.3) is 23.6 Å². The van der Waals surface area contributed by atoms with Crippen molar-refractivity contribution in [1.29, 1.82) is 0 Å². The number of ether oxygens (including phenoxy) is 2. The summed E-state index contributed by atoms with van der Waals surface area (Å²) in [6, 6.07) is 10.6. The Hall–Kier alpha value is -4.21. The molecule has 200 valence electrons. The van der Waals surface area contributed by atoms with Gasteiger partial charge in [-0.3, -0.25) is 24.1 Å². The van der Waals surface area contributed by atoms with Crippen LogP contribution in [-0.4, -0.2) is 60.4 Å². The van der Waals surface area contributed by atoms with Crippen LogP contribution in [0.3, 0.4) is 0 Å². The molecule has 10 nitrogen and oxygen atoms in total. The maximum Gasteiger partial charge on any atom is 0.513 e. The molecule has 2 aliphatic rings. The van der Waals surface area contributed by atoms with Crippen molar-refractivity contribution in [3.63, 3.8) is 0 Å². The third-order valence-electron chi connectivity index (χ3n) is 6.62. The largest absolute Gasteiger partial charge is 0.513 e. The number of carbonyl (C=O) groups is 5. The van der Waals surface area contributed by atoms with Crippen LogP contribution < -0.4 is 15.4 Å². The Bertz CT molecular complexity index is 1220. The summed E-state index contributed by atoms with van der Waals surface area (Å²) >= 11 is 0. The van der Waals surface area contributed by atoms with Gasteiger partial charge < -0.3 is 20.1 Å². The lowest BCUT2D eigenvalue weighted by atomic mass is 9.94. The zero-order valence-electron chi connectivity index (χ0n) is 21.3. The van der Waals surface area contributed by atoms with E-state index in [2.05, 4.69) is 10.6 Å². The Morgan fingerprint density at radius 2 is 1.45 bits per heavy atom. The quantitative estimate of drug-likeness (QED) is 0.223. The fourth-order valence-corrected chi connectivity index (χ4v) is 4.69. The summed E-state index contributed by atoms with van der Waals surface area (Å²) in [6.07, 6.45) is 4.45. The monoisotopic (exact) mass is 521 g/mol. The number of imide groups is 1. The van der Waals surface area contributed by atoms with E-state index >= 15 is 0 Å². The van der Waals surface area contributed by atoms with Gasteiger partial charge in [0.2, 0.25) is 0 Å². The van der Waals surface area contributed by atoms with Gasteiger partial charge in [-0.25, -0.2) is 4.79 Å². The summed E-state index contributed by atoms with van der Waals surface area (Å²) in [7, 11) is 0. The molecule has 1 aliphatic carbocycles. The third kappa shape index (κ3) is 6.19. The summed E-state index contributed by atoms with van der Waals surface area (Å²) < 4.78 is 9.66. The highest BCUT2D eigenvalue weighted by atomic mass is 16.7. The van der Waals surface area contributed by atoms with Crippen molar-refractivity contribution in [2.24, 2.45) is 0 Å². The van der Waals surface area contributed by atoms with Crippen LogP contribution in [0.2, 0.25) is 0 Å². The molecule has 1 saturated carbocycles. The van der Waals surface area contributed by atoms with Gasteiger partial charge in [0.05, 0.1) is 17.7 Å². The molecule has 1 fully saturated rings. The Morgan fingerprint density at radius 3 is 2.11 bits per heavy atom. The number of fused-ring (bicyclic) bond motifs is 1. The molecule has 0 saturated heterocycles. The second kappa shape index (κ2) is 12.4. The van der Waals surface area contributed by atoms with Crippen molar-refractivity contribution in [2.75, 3.05) is 19.7 Å². The highest BCUT2D eigenvalue weighted by Crippen LogP contribution is 2.31. The van der Waals surface area contributed by atoms with Crippen LogP contribution in [0.15, 0.2) is 42.5 Å². The Balaban J connectivity index is 1.22. The van der Waals surface area contributed by atoms with Crippen LogP contribution in [0.5, 0.6) is 5.75 Å². The molecule has 10 heteroatoms. The van der Waals surface area contributed by atoms with E-state index < -0.39 is 6.16 Å². The van der Waals surface area contributed by atoms with E-state index in [9.17, 15) is 24.0 Å². The maximum absolute atomic E-state index is 13.0. The Labute approximate surface area is 220 Å². The molecule has 1 aliphatic heterocycles. The molecule has 2 aromatic carbocycles. The van der Waals surface area contributed by atoms with Crippen LogP contribution in [0.4, 0.5) is 4.79 Å². The number of hydrogen-bond donors (Lipinski definition) is 2. The smallest absolute Gasteiger partial charge is 0.434 e. The number of hydrogen-bond acceptors (Lipinski definition) is 7. The number of nitrogens with zero attached hydrogens (tertiary/aromatic N) is 1. The average Bonchev–Trinajstić information content (AvgIpc) is 3.18. The normalized spacial score (nSPS) is 15.1. The minimum atomic E-state index is -0.812. The molecule has 0 bridgehead atoms. The van der Waals surface area contributed by atoms with E-state index in [0.29, 0.717) is 36.2 Å². The summed E-state index contributed by atoms with van der Waals surface area (Å²) in [5.74, 6) is -0.992. The van der Waals surface area contributed by atoms with E-state index in [1.165, 1.54) is 35.2 Å². The lowest BCUT2D eigenvalue weighted by Crippen LogP contribution is -2.40. The van der Waals surface area contributed by atoms with Gasteiger partial charge >= 0.3 is 6.16 Å². The highest BCUT2D eigenvalue weighted by molar-refractivity contribution is 6.22. The van der Waals surface area contributed by atoms with Crippen molar-refractivity contribution < 1.29 is 33.4 Å². The number of carbonyl (C=O) groups excluding carboxylic acids is 5. The molecule has 1 heterocycles. The predicted octanol–water partition coefficient (Wildman–Crippen LogP) is 3.70. The molecule has 0 radical (unpaired) electrons. The van der Waals surface area contributed by atoms with E-state index in [4.69, 9.17) is 9.47 Å². The third-order valence-corrected chi connectivity index (χ3v) is 6.62. The predicted molar refractivity (Wildman–Crippen MR) is 137 cm³/mol. The molecule has 2 aromatic rings. The first-order valence-corrected chi connectivity index (χ1v) is 12.9. The van der Waals surface area contributed by atoms with Crippen LogP contribution in [0.1, 0.15) is 86.9 Å². The Morgan fingerprint density at radius 1 is 0.842 bits per heavy atom. The number of rotatable bonds is 9. The van der Waals surface area contributed by atoms with Gasteiger partial charge in [-0.1, -0.05) is 19.3 Å². The summed E-state index contributed by atoms with van der Waals surface area (Å²) in [6.45, 7) is 2.51. The zero-order chi connectivity index (χ0) is 27.1. The van der Waals surface area contributed by atoms with E-state index in [0.717, 1.165) is 32.1 Å². The van der Waals surface area contributed by atoms with Crippen molar-refractivity contribution in [1.82, 2.24) is 15.5 Å². The standard InChI is InChI=1S/C28H31N3O7/c1-2-37-28(36)38-21-12-9-18(10-13-21)24(32)29-15-6-16-30-25(33)19-11-14-22-23(17-19)27(35)31(26(22)34)20-7-4-3-5-8-20/h9-14,17,20H,2-8,15-16H2,1H3,(H,29,32)(H,30,33). The first kappa shape index (κ1) is 26.8. The Kier molecular flexibility index (Phi) is 8.73. The topological polar surface area (TPSA) is 131 Å². The van der Waals surface area contributed by atoms with E-state index in [1.54, 1.807) is 19.1 Å². The average molecular weight is 522 g/mol. The number of benzene rings is 2. The van der Waals surface area contributed by atoms with Crippen LogP contribution in [-0.2, 0) is 4.74 Å². The van der Waals surface area contributed by atoms with Gasteiger partial charge in [0, 0.05) is 30.3 Å². The summed E-state index contributed by atoms with van der Waals surface area (Å²) in [5.41, 5.74) is 1.33. The molecule has 0 unspecified atom stereocenters. The molecule has 0 atom stereocenters. The first-order valence-electron chi connectivity index (χ1n) is 12.9. The second-order valence-electron chi connectivity index (χ2n) is 9.21. The van der Waals surface area contributed by atoms with Gasteiger partial charge in [0.15, 0.2) is 0 Å². The minimum Gasteiger partial charge on any atom is -0.434 e. The first-order chi connectivity index (χ1) is 18.4. The molecular weight excluding hydrogens is 490 g/mol. The zero-order valence-corrected chi connectivity index (χ0v) is 21.3. The SMILES string of the molecule is CCOC(=O)Oc1ccc(C(=O)NCCCNC(=O)c2ccc3c(c2)C(=O)N(C2CCCCC2)C3=O)cc1. The van der Waals surface area contributed by atoms with Crippen molar-refractivity contribution in [3.8, 4) is 5.75 Å². The lowest BCUT2D eigenvalue weighted by molar-refractivity contribution is 0.0548. The number of amides is 4. The molecule has 38 heavy (non-hydrogen) atoms. The van der Waals surface area contributed by atoms with Crippen LogP contribution in [0.25, 0.3) is 0 Å². The maximum atomic E-state index is 13.0. The van der Waals surface area contributed by atoms with Gasteiger partial charge in [-0.2, -0.15) is 0 Å². The second-order valence-corrected chi connectivity index (χ2v) is 9.21. The molecule has 4 amide bonds. The van der Waals surface area contributed by atoms with Gasteiger partial charge in [-0.05, 0) is 68.7 Å². The van der Waals surface area contributed by atoms with Crippen molar-refractivity contribution in [3.05, 3.63) is 64.7 Å². The molecule has 2 N–H and O–H groups in total. The van der Waals surface area contributed by atoms with Crippen LogP contribution >= 0.6 is 0 Å². The highest BCUT2D eigenvalue weighted by Gasteiger charge is 2.40.